The Morgan fingerprint density at radius 3 is 1.24 bits per heavy atom. The van der Waals surface area contributed by atoms with Crippen LogP contribution in [0.1, 0.15) is 0 Å². The van der Waals surface area contributed by atoms with E-state index in [1.165, 1.54) is 0 Å². The first-order valence-electron chi connectivity index (χ1n) is 10.5. The summed E-state index contributed by atoms with van der Waals surface area (Å²) >= 11 is 0. The molecule has 2 atom stereocenters. The lowest BCUT2D eigenvalue weighted by Gasteiger charge is -2.15. The number of aliphatic hydroxyl groups is 2. The summed E-state index contributed by atoms with van der Waals surface area (Å²) in [6.45, 7) is -4.88. The van der Waals surface area contributed by atoms with E-state index in [4.69, 9.17) is 21.1 Å². The molecule has 0 radical (unpaired) electrons. The van der Waals surface area contributed by atoms with Crippen molar-refractivity contribution in [2.75, 3.05) is 52.5 Å². The van der Waals surface area contributed by atoms with Crippen molar-refractivity contribution in [1.82, 2.24) is 37.2 Å². The van der Waals surface area contributed by atoms with Gasteiger partial charge in [0.1, 0.15) is 12.1 Å². The molecule has 0 heterocycles. The second-order valence-corrected chi connectivity index (χ2v) is 6.97. The minimum atomic E-state index is -1.54. The van der Waals surface area contributed by atoms with Crippen LogP contribution < -0.4 is 43.0 Å². The van der Waals surface area contributed by atoms with Crippen LogP contribution in [0.5, 0.6) is 0 Å². The molecule has 0 spiro atoms. The summed E-state index contributed by atoms with van der Waals surface area (Å²) < 4.78 is 0. The van der Waals surface area contributed by atoms with E-state index in [2.05, 4.69) is 31.9 Å². The second kappa shape index (κ2) is 18.0. The van der Waals surface area contributed by atoms with Crippen LogP contribution in [-0.4, -0.2) is 127 Å². The first-order valence-corrected chi connectivity index (χ1v) is 10.5. The van der Waals surface area contributed by atoms with Crippen molar-refractivity contribution in [3.8, 4) is 0 Å². The SMILES string of the molecule is NCC(=O)N[C@@H](CO)C(=O)NCC(=O)NCC(=O)NCC(=O)NCC(=O)NCC(=O)N[C@@H](CO)C(=O)O. The van der Waals surface area contributed by atoms with E-state index in [0.29, 0.717) is 0 Å². The molecular formula is C18H30N8O11. The fourth-order valence-corrected chi connectivity index (χ4v) is 2.13. The Labute approximate surface area is 209 Å². The Hall–Kier alpha value is -4.36. The van der Waals surface area contributed by atoms with E-state index in [-0.39, 0.29) is 0 Å². The predicted molar refractivity (Wildman–Crippen MR) is 120 cm³/mol. The number of hydrogen-bond acceptors (Lipinski definition) is 11. The minimum absolute atomic E-state index is 0.411. The molecule has 0 aromatic rings. The molecule has 0 saturated carbocycles. The van der Waals surface area contributed by atoms with Gasteiger partial charge < -0.3 is 58.3 Å². The first-order chi connectivity index (χ1) is 17.4. The van der Waals surface area contributed by atoms with Crippen LogP contribution >= 0.6 is 0 Å². The summed E-state index contributed by atoms with van der Waals surface area (Å²) in [5.74, 6) is -7.07. The lowest BCUT2D eigenvalue weighted by molar-refractivity contribution is -0.142. The zero-order valence-electron chi connectivity index (χ0n) is 19.5. The normalized spacial score (nSPS) is 11.6. The molecule has 0 unspecified atom stereocenters. The molecule has 0 aromatic heterocycles. The standard InChI is InChI=1S/C18H30N8O11/c19-1-11(29)25-9(7-27)17(35)24-5-15(33)22-3-13(31)20-2-12(30)21-4-14(32)23-6-16(34)26-10(8-28)18(36)37/h9-10,27-28H,1-8,19H2,(H,20,31)(H,21,30)(H,22,33)(H,23,32)(H,24,35)(H,25,29)(H,26,34)(H,36,37)/t9-,10-/m0/s1. The van der Waals surface area contributed by atoms with Crippen molar-refractivity contribution in [3.05, 3.63) is 0 Å². The van der Waals surface area contributed by atoms with Gasteiger partial charge in [0.2, 0.25) is 41.4 Å². The van der Waals surface area contributed by atoms with Crippen LogP contribution in [0.3, 0.4) is 0 Å². The molecule has 0 aromatic carbocycles. The Balaban J connectivity index is 4.12. The van der Waals surface area contributed by atoms with Gasteiger partial charge in [-0.25, -0.2) is 4.79 Å². The minimum Gasteiger partial charge on any atom is -0.480 e. The fraction of sp³-hybridized carbons (Fsp3) is 0.556. The predicted octanol–water partition coefficient (Wildman–Crippen LogP) is -8.44. The average molecular weight is 534 g/mol. The number of carbonyl (C=O) groups excluding carboxylic acids is 7. The topological polar surface area (TPSA) is 307 Å². The zero-order valence-corrected chi connectivity index (χ0v) is 19.5. The van der Waals surface area contributed by atoms with Gasteiger partial charge in [-0.1, -0.05) is 0 Å². The molecule has 0 aliphatic rings. The van der Waals surface area contributed by atoms with Crippen LogP contribution in [0.2, 0.25) is 0 Å². The van der Waals surface area contributed by atoms with Crippen molar-refractivity contribution in [2.45, 2.75) is 12.1 Å². The van der Waals surface area contributed by atoms with Crippen molar-refractivity contribution in [2.24, 2.45) is 5.73 Å². The van der Waals surface area contributed by atoms with Gasteiger partial charge >= 0.3 is 5.97 Å². The summed E-state index contributed by atoms with van der Waals surface area (Å²) in [7, 11) is 0. The van der Waals surface area contributed by atoms with E-state index < -0.39 is 112 Å². The molecular weight excluding hydrogens is 504 g/mol. The third-order valence-corrected chi connectivity index (χ3v) is 4.04. The van der Waals surface area contributed by atoms with Gasteiger partial charge in [0, 0.05) is 0 Å². The number of nitrogens with one attached hydrogen (secondary N) is 7. The van der Waals surface area contributed by atoms with Crippen molar-refractivity contribution >= 4 is 47.3 Å². The maximum Gasteiger partial charge on any atom is 0.328 e. The van der Waals surface area contributed by atoms with Crippen LogP contribution in [0.15, 0.2) is 0 Å². The summed E-state index contributed by atoms with van der Waals surface area (Å²) in [6.07, 6.45) is 0. The van der Waals surface area contributed by atoms with Crippen molar-refractivity contribution in [1.29, 1.82) is 0 Å². The number of aliphatic carboxylic acids is 1. The molecule has 37 heavy (non-hydrogen) atoms. The smallest absolute Gasteiger partial charge is 0.328 e. The van der Waals surface area contributed by atoms with Gasteiger partial charge in [-0.2, -0.15) is 0 Å². The molecule has 208 valence electrons. The first kappa shape index (κ1) is 32.6. The fourth-order valence-electron chi connectivity index (χ4n) is 2.13. The molecule has 7 amide bonds. The largest absolute Gasteiger partial charge is 0.480 e. The molecule has 19 heteroatoms. The molecule has 0 fully saturated rings. The number of amides is 7. The quantitative estimate of drug-likeness (QED) is 0.0829. The lowest BCUT2D eigenvalue weighted by Crippen LogP contribution is -2.52. The molecule has 19 nitrogen and oxygen atoms in total. The summed E-state index contributed by atoms with van der Waals surface area (Å²) in [6, 6.07) is -2.86. The molecule has 0 aliphatic heterocycles. The lowest BCUT2D eigenvalue weighted by atomic mass is 10.3. The Bertz CT molecular complexity index is 867. The molecule has 0 aliphatic carbocycles. The molecule has 0 bridgehead atoms. The van der Waals surface area contributed by atoms with Crippen LogP contribution in [0.4, 0.5) is 0 Å². The maximum atomic E-state index is 11.8. The van der Waals surface area contributed by atoms with E-state index in [1.54, 1.807) is 0 Å². The number of aliphatic hydroxyl groups excluding tert-OH is 2. The van der Waals surface area contributed by atoms with Gasteiger partial charge in [0.25, 0.3) is 0 Å². The highest BCUT2D eigenvalue weighted by molar-refractivity contribution is 5.93. The van der Waals surface area contributed by atoms with Crippen molar-refractivity contribution < 1.29 is 53.7 Å². The van der Waals surface area contributed by atoms with Gasteiger partial charge in [0.15, 0.2) is 0 Å². The second-order valence-electron chi connectivity index (χ2n) is 6.97. The molecule has 0 saturated heterocycles. The third kappa shape index (κ3) is 15.3. The van der Waals surface area contributed by atoms with E-state index in [0.717, 1.165) is 0 Å². The van der Waals surface area contributed by atoms with Gasteiger partial charge in [-0.05, 0) is 0 Å². The maximum absolute atomic E-state index is 11.8. The van der Waals surface area contributed by atoms with Crippen LogP contribution in [-0.2, 0) is 38.4 Å². The number of carboxylic acids is 1. The summed E-state index contributed by atoms with van der Waals surface area (Å²) in [5.41, 5.74) is 5.08. The summed E-state index contributed by atoms with van der Waals surface area (Å²) in [5, 5.41) is 41.3. The Morgan fingerprint density at radius 1 is 0.541 bits per heavy atom. The molecule has 0 rings (SSSR count). The number of hydrogen-bond donors (Lipinski definition) is 11. The number of nitrogens with two attached hydrogens (primary N) is 1. The van der Waals surface area contributed by atoms with Crippen molar-refractivity contribution in [3.63, 3.8) is 0 Å². The zero-order chi connectivity index (χ0) is 28.4. The third-order valence-electron chi connectivity index (χ3n) is 4.04. The number of rotatable bonds is 17. The monoisotopic (exact) mass is 534 g/mol. The highest BCUT2D eigenvalue weighted by atomic mass is 16.4. The number of carboxylic acid groups (broad SMARTS) is 1. The average Bonchev–Trinajstić information content (AvgIpc) is 2.87. The van der Waals surface area contributed by atoms with E-state index in [9.17, 15) is 38.4 Å². The Morgan fingerprint density at radius 2 is 0.892 bits per heavy atom. The van der Waals surface area contributed by atoms with Gasteiger partial charge in [-0.15, -0.1) is 0 Å². The molecule has 12 N–H and O–H groups in total. The highest BCUT2D eigenvalue weighted by Gasteiger charge is 2.20. The van der Waals surface area contributed by atoms with E-state index in [1.807, 2.05) is 5.32 Å². The number of carbonyl (C=O) groups is 8. The van der Waals surface area contributed by atoms with Gasteiger partial charge in [-0.3, -0.25) is 33.6 Å². The van der Waals surface area contributed by atoms with Crippen LogP contribution in [0, 0.1) is 0 Å². The highest BCUT2D eigenvalue weighted by Crippen LogP contribution is 1.84. The van der Waals surface area contributed by atoms with E-state index >= 15 is 0 Å². The van der Waals surface area contributed by atoms with Gasteiger partial charge in [0.05, 0.1) is 52.5 Å². The summed E-state index contributed by atoms with van der Waals surface area (Å²) in [4.78, 5) is 91.9. The van der Waals surface area contributed by atoms with Crippen LogP contribution in [0.25, 0.3) is 0 Å². The Kier molecular flexibility index (Phi) is 15.9.